The number of imide groups is 1. The van der Waals surface area contributed by atoms with Crippen LogP contribution in [0.2, 0.25) is 0 Å². The number of rotatable bonds is 5. The van der Waals surface area contributed by atoms with Crippen molar-refractivity contribution in [2.75, 3.05) is 12.0 Å². The molecule has 3 amide bonds. The molecule has 136 valence electrons. The zero-order valence-corrected chi connectivity index (χ0v) is 14.2. The number of aromatic hydroxyl groups is 1. The van der Waals surface area contributed by atoms with Gasteiger partial charge in [0.15, 0.2) is 11.5 Å². The lowest BCUT2D eigenvalue weighted by Crippen LogP contribution is -2.29. The Morgan fingerprint density at radius 3 is 2.41 bits per heavy atom. The van der Waals surface area contributed by atoms with Crippen LogP contribution in [0.1, 0.15) is 15.9 Å². The molecule has 2 aromatic rings. The first-order valence-corrected chi connectivity index (χ1v) is 7.87. The zero-order chi connectivity index (χ0) is 19.4. The van der Waals surface area contributed by atoms with Gasteiger partial charge in [-0.05, 0) is 36.4 Å². The van der Waals surface area contributed by atoms with Crippen LogP contribution in [0.3, 0.4) is 0 Å². The number of nitrogens with one attached hydrogen (secondary N) is 1. The third kappa shape index (κ3) is 3.69. The van der Waals surface area contributed by atoms with Crippen LogP contribution in [-0.2, 0) is 9.59 Å². The number of hydrazone groups is 1. The molecule has 27 heavy (non-hydrogen) atoms. The first-order valence-electron chi connectivity index (χ1n) is 7.87. The van der Waals surface area contributed by atoms with Crippen molar-refractivity contribution in [2.45, 2.75) is 0 Å². The van der Waals surface area contributed by atoms with Crippen LogP contribution in [-0.4, -0.2) is 36.2 Å². The number of benzene rings is 2. The van der Waals surface area contributed by atoms with E-state index in [9.17, 15) is 19.5 Å². The Bertz CT molecular complexity index is 946. The Labute approximate surface area is 154 Å². The molecule has 8 nitrogen and oxygen atoms in total. The summed E-state index contributed by atoms with van der Waals surface area (Å²) in [7, 11) is 1.43. The highest BCUT2D eigenvalue weighted by atomic mass is 16.5. The molecule has 0 saturated heterocycles. The van der Waals surface area contributed by atoms with Gasteiger partial charge in [0.05, 0.1) is 19.0 Å². The number of carbonyl (C=O) groups excluding carboxylic acids is 3. The van der Waals surface area contributed by atoms with Crippen molar-refractivity contribution in [3.8, 4) is 11.5 Å². The Morgan fingerprint density at radius 1 is 1.11 bits per heavy atom. The number of phenols is 1. The molecule has 0 radical (unpaired) electrons. The number of hydrogen-bond donors (Lipinski definition) is 2. The van der Waals surface area contributed by atoms with Crippen molar-refractivity contribution in [1.29, 1.82) is 0 Å². The van der Waals surface area contributed by atoms with Crippen LogP contribution >= 0.6 is 0 Å². The first kappa shape index (κ1) is 17.9. The maximum Gasteiger partial charge on any atom is 0.271 e. The second kappa shape index (κ2) is 7.52. The summed E-state index contributed by atoms with van der Waals surface area (Å²) in [4.78, 5) is 36.4. The molecule has 0 bridgehead atoms. The molecule has 1 heterocycles. The first-order chi connectivity index (χ1) is 13.0. The van der Waals surface area contributed by atoms with Gasteiger partial charge >= 0.3 is 0 Å². The number of nitrogens with zero attached hydrogens (tertiary/aromatic N) is 2. The third-order valence-electron chi connectivity index (χ3n) is 3.82. The van der Waals surface area contributed by atoms with Crippen molar-refractivity contribution >= 4 is 29.6 Å². The monoisotopic (exact) mass is 365 g/mol. The molecule has 0 saturated carbocycles. The molecule has 2 aromatic carbocycles. The molecule has 0 atom stereocenters. The molecular formula is C19H15N3O5. The largest absolute Gasteiger partial charge is 0.504 e. The summed E-state index contributed by atoms with van der Waals surface area (Å²) in [6.07, 6.45) is 3.66. The Hall–Kier alpha value is -3.94. The van der Waals surface area contributed by atoms with Gasteiger partial charge in [-0.1, -0.05) is 6.07 Å². The number of amides is 3. The normalized spacial score (nSPS) is 13.4. The van der Waals surface area contributed by atoms with Crippen LogP contribution in [0, 0.1) is 0 Å². The van der Waals surface area contributed by atoms with E-state index in [0.29, 0.717) is 17.0 Å². The Morgan fingerprint density at radius 2 is 1.78 bits per heavy atom. The van der Waals surface area contributed by atoms with Gasteiger partial charge in [0, 0.05) is 23.3 Å². The fourth-order valence-corrected chi connectivity index (χ4v) is 2.45. The summed E-state index contributed by atoms with van der Waals surface area (Å²) >= 11 is 0. The van der Waals surface area contributed by atoms with E-state index >= 15 is 0 Å². The number of hydrogen-bond acceptors (Lipinski definition) is 6. The van der Waals surface area contributed by atoms with E-state index in [4.69, 9.17) is 4.74 Å². The quantitative estimate of drug-likeness (QED) is 0.475. The molecular weight excluding hydrogens is 350 g/mol. The lowest BCUT2D eigenvalue weighted by Gasteiger charge is -2.13. The maximum absolute atomic E-state index is 12.1. The third-order valence-corrected chi connectivity index (χ3v) is 3.82. The van der Waals surface area contributed by atoms with E-state index in [-0.39, 0.29) is 11.3 Å². The molecule has 3 rings (SSSR count). The molecule has 0 aliphatic carbocycles. The van der Waals surface area contributed by atoms with Crippen molar-refractivity contribution in [2.24, 2.45) is 5.10 Å². The van der Waals surface area contributed by atoms with Crippen LogP contribution in [0.4, 0.5) is 5.69 Å². The topological polar surface area (TPSA) is 108 Å². The molecule has 0 fully saturated rings. The van der Waals surface area contributed by atoms with Gasteiger partial charge in [-0.3, -0.25) is 14.4 Å². The van der Waals surface area contributed by atoms with Crippen LogP contribution < -0.4 is 15.1 Å². The highest BCUT2D eigenvalue weighted by Crippen LogP contribution is 2.27. The van der Waals surface area contributed by atoms with Gasteiger partial charge in [-0.15, -0.1) is 0 Å². The summed E-state index contributed by atoms with van der Waals surface area (Å²) in [5.74, 6) is -1.14. The summed E-state index contributed by atoms with van der Waals surface area (Å²) in [6, 6.07) is 10.8. The molecule has 8 heteroatoms. The van der Waals surface area contributed by atoms with Crippen molar-refractivity contribution in [3.63, 3.8) is 0 Å². The summed E-state index contributed by atoms with van der Waals surface area (Å²) in [5, 5.41) is 13.8. The van der Waals surface area contributed by atoms with Crippen molar-refractivity contribution in [1.82, 2.24) is 5.43 Å². The zero-order valence-electron chi connectivity index (χ0n) is 14.2. The summed E-state index contributed by atoms with van der Waals surface area (Å²) in [5.41, 5.74) is 3.38. The fraction of sp³-hybridized carbons (Fsp3) is 0.0526. The Kier molecular flexibility index (Phi) is 4.98. The predicted molar refractivity (Wildman–Crippen MR) is 97.8 cm³/mol. The minimum absolute atomic E-state index is 0.0871. The number of carbonyl (C=O) groups is 3. The number of phenolic OH excluding ortho intramolecular Hbond substituents is 1. The summed E-state index contributed by atoms with van der Waals surface area (Å²) in [6.45, 7) is 0. The molecule has 0 spiro atoms. The minimum atomic E-state index is -0.489. The van der Waals surface area contributed by atoms with E-state index in [2.05, 4.69) is 10.5 Å². The highest BCUT2D eigenvalue weighted by Gasteiger charge is 2.25. The molecule has 2 N–H and O–H groups in total. The van der Waals surface area contributed by atoms with Gasteiger partial charge in [0.1, 0.15) is 0 Å². The second-order valence-corrected chi connectivity index (χ2v) is 5.49. The lowest BCUT2D eigenvalue weighted by molar-refractivity contribution is -0.119. The average molecular weight is 365 g/mol. The predicted octanol–water partition coefficient (Wildman–Crippen LogP) is 1.59. The number of methoxy groups -OCH3 is 1. The highest BCUT2D eigenvalue weighted by molar-refractivity contribution is 6.28. The maximum atomic E-state index is 12.1. The van der Waals surface area contributed by atoms with Gasteiger partial charge in [0.25, 0.3) is 17.7 Å². The van der Waals surface area contributed by atoms with Crippen LogP contribution in [0.5, 0.6) is 11.5 Å². The van der Waals surface area contributed by atoms with Gasteiger partial charge < -0.3 is 9.84 Å². The molecule has 0 aromatic heterocycles. The molecule has 0 unspecified atom stereocenters. The fourth-order valence-electron chi connectivity index (χ4n) is 2.45. The van der Waals surface area contributed by atoms with E-state index < -0.39 is 17.7 Å². The van der Waals surface area contributed by atoms with E-state index in [1.54, 1.807) is 18.2 Å². The van der Waals surface area contributed by atoms with Gasteiger partial charge in [-0.25, -0.2) is 10.3 Å². The number of para-hydroxylation sites is 1. The van der Waals surface area contributed by atoms with Crippen LogP contribution in [0.15, 0.2) is 59.7 Å². The van der Waals surface area contributed by atoms with E-state index in [1.807, 2.05) is 0 Å². The van der Waals surface area contributed by atoms with Crippen LogP contribution in [0.25, 0.3) is 0 Å². The van der Waals surface area contributed by atoms with Gasteiger partial charge in [0.2, 0.25) is 0 Å². The van der Waals surface area contributed by atoms with E-state index in [1.165, 1.54) is 49.7 Å². The number of ether oxygens (including phenoxy) is 1. The smallest absolute Gasteiger partial charge is 0.271 e. The number of anilines is 1. The van der Waals surface area contributed by atoms with Crippen molar-refractivity contribution in [3.05, 3.63) is 65.7 Å². The second-order valence-electron chi connectivity index (χ2n) is 5.49. The average Bonchev–Trinajstić information content (AvgIpc) is 3.01. The lowest BCUT2D eigenvalue weighted by atomic mass is 10.2. The van der Waals surface area contributed by atoms with Crippen molar-refractivity contribution < 1.29 is 24.2 Å². The van der Waals surface area contributed by atoms with E-state index in [0.717, 1.165) is 4.90 Å². The SMILES string of the molecule is COc1cccc(/C=N/NC(=O)c2ccc(N3C(=O)C=CC3=O)cc2)c1O. The molecule has 1 aliphatic heterocycles. The minimum Gasteiger partial charge on any atom is -0.504 e. The Balaban J connectivity index is 1.67. The molecule has 1 aliphatic rings. The summed E-state index contributed by atoms with van der Waals surface area (Å²) < 4.78 is 5.00. The standard InChI is InChI=1S/C19H15N3O5/c1-27-15-4-2-3-13(18(15)25)11-20-21-19(26)12-5-7-14(8-6-12)22-16(23)9-10-17(22)24/h2-11,25H,1H3,(H,21,26)/b20-11+. The van der Waals surface area contributed by atoms with Gasteiger partial charge in [-0.2, -0.15) is 5.10 Å².